The highest BCUT2D eigenvalue weighted by Gasteiger charge is 2.12. The molecule has 7 heteroatoms. The van der Waals surface area contributed by atoms with E-state index in [2.05, 4.69) is 5.32 Å². The van der Waals surface area contributed by atoms with Crippen LogP contribution in [0.2, 0.25) is 9.36 Å². The number of nitro groups is 1. The minimum Gasteiger partial charge on any atom is -0.377 e. The Kier molecular flexibility index (Phi) is 4.29. The molecule has 0 radical (unpaired) electrons. The highest BCUT2D eigenvalue weighted by atomic mass is 35.5. The maximum Gasteiger partial charge on any atom is 0.271 e. The van der Waals surface area contributed by atoms with Gasteiger partial charge in [0, 0.05) is 18.2 Å². The Balaban J connectivity index is 2.17. The molecule has 0 fully saturated rings. The van der Waals surface area contributed by atoms with Gasteiger partial charge < -0.3 is 5.32 Å². The van der Waals surface area contributed by atoms with Gasteiger partial charge in [0.1, 0.15) is 0 Å². The molecule has 1 heterocycles. The van der Waals surface area contributed by atoms with E-state index in [9.17, 15) is 10.1 Å². The molecule has 0 saturated heterocycles. The van der Waals surface area contributed by atoms with E-state index in [0.29, 0.717) is 10.7 Å². The largest absolute Gasteiger partial charge is 0.377 e. The third kappa shape index (κ3) is 3.37. The first kappa shape index (κ1) is 14.1. The molecule has 1 N–H and O–H groups in total. The minimum atomic E-state index is -0.474. The predicted molar refractivity (Wildman–Crippen MR) is 79.5 cm³/mol. The van der Waals surface area contributed by atoms with Gasteiger partial charge in [-0.2, -0.15) is 0 Å². The first-order valence-electron chi connectivity index (χ1n) is 5.42. The van der Waals surface area contributed by atoms with Crippen LogP contribution in [-0.2, 0) is 0 Å². The fourth-order valence-corrected chi connectivity index (χ4v) is 2.82. The third-order valence-electron chi connectivity index (χ3n) is 2.62. The van der Waals surface area contributed by atoms with Crippen molar-refractivity contribution in [2.75, 3.05) is 5.32 Å². The summed E-state index contributed by atoms with van der Waals surface area (Å²) in [4.78, 5) is 10.1. The Morgan fingerprint density at radius 1 is 1.37 bits per heavy atom. The van der Waals surface area contributed by atoms with Crippen molar-refractivity contribution < 1.29 is 4.92 Å². The molecule has 2 aromatic rings. The van der Waals surface area contributed by atoms with Gasteiger partial charge in [0.05, 0.1) is 20.0 Å². The van der Waals surface area contributed by atoms with Gasteiger partial charge in [0.25, 0.3) is 5.69 Å². The number of nitro benzene ring substituents is 1. The molecule has 2 rings (SSSR count). The van der Waals surface area contributed by atoms with E-state index in [1.807, 2.05) is 18.4 Å². The molecule has 0 bridgehead atoms. The molecular formula is C12H10Cl2N2O2S. The van der Waals surface area contributed by atoms with Crippen molar-refractivity contribution >= 4 is 45.9 Å². The number of nitrogens with zero attached hydrogens (tertiary/aromatic N) is 1. The van der Waals surface area contributed by atoms with Crippen LogP contribution in [0.3, 0.4) is 0 Å². The zero-order chi connectivity index (χ0) is 14.0. The minimum absolute atomic E-state index is 0.0164. The summed E-state index contributed by atoms with van der Waals surface area (Å²) in [5.74, 6) is 0. The highest BCUT2D eigenvalue weighted by molar-refractivity contribution is 7.14. The van der Waals surface area contributed by atoms with Gasteiger partial charge in [-0.1, -0.05) is 23.2 Å². The first-order chi connectivity index (χ1) is 8.97. The Morgan fingerprint density at radius 2 is 2.11 bits per heavy atom. The second kappa shape index (κ2) is 5.77. The number of benzene rings is 1. The van der Waals surface area contributed by atoms with Crippen LogP contribution in [-0.4, -0.2) is 4.92 Å². The average Bonchev–Trinajstić information content (AvgIpc) is 2.78. The summed E-state index contributed by atoms with van der Waals surface area (Å²) in [6.45, 7) is 1.97. The molecule has 0 aliphatic rings. The van der Waals surface area contributed by atoms with Crippen molar-refractivity contribution in [3.05, 3.63) is 54.7 Å². The topological polar surface area (TPSA) is 55.2 Å². The Labute approximate surface area is 124 Å². The monoisotopic (exact) mass is 316 g/mol. The highest BCUT2D eigenvalue weighted by Crippen LogP contribution is 2.31. The van der Waals surface area contributed by atoms with E-state index >= 15 is 0 Å². The van der Waals surface area contributed by atoms with Crippen LogP contribution in [0.25, 0.3) is 0 Å². The van der Waals surface area contributed by atoms with Crippen molar-refractivity contribution in [1.82, 2.24) is 0 Å². The van der Waals surface area contributed by atoms with Crippen molar-refractivity contribution in [2.24, 2.45) is 0 Å². The molecule has 0 saturated carbocycles. The Morgan fingerprint density at radius 3 is 2.63 bits per heavy atom. The van der Waals surface area contributed by atoms with Crippen LogP contribution in [0, 0.1) is 10.1 Å². The van der Waals surface area contributed by atoms with Gasteiger partial charge >= 0.3 is 0 Å². The number of thiophene rings is 1. The fourth-order valence-electron chi connectivity index (χ4n) is 1.60. The van der Waals surface area contributed by atoms with Crippen LogP contribution in [0.5, 0.6) is 0 Å². The quantitative estimate of drug-likeness (QED) is 0.628. The molecule has 1 aromatic heterocycles. The van der Waals surface area contributed by atoms with Crippen molar-refractivity contribution in [3.8, 4) is 0 Å². The number of non-ortho nitro benzene ring substituents is 1. The second-order valence-electron chi connectivity index (χ2n) is 3.97. The average molecular weight is 317 g/mol. The van der Waals surface area contributed by atoms with Gasteiger partial charge in [-0.15, -0.1) is 11.3 Å². The summed E-state index contributed by atoms with van der Waals surface area (Å²) < 4.78 is 0.721. The van der Waals surface area contributed by atoms with Gasteiger partial charge in [-0.05, 0) is 30.0 Å². The number of halogens is 2. The standard InChI is InChI=1S/C12H10Cl2N2O2S/c1-7(8-4-12(14)19-6-8)15-11-3-2-9(16(17)18)5-10(11)13/h2-7,15H,1H3. The molecule has 1 unspecified atom stereocenters. The molecule has 1 aromatic carbocycles. The van der Waals surface area contributed by atoms with Crippen LogP contribution in [0.4, 0.5) is 11.4 Å². The summed E-state index contributed by atoms with van der Waals surface area (Å²) in [6, 6.07) is 6.25. The van der Waals surface area contributed by atoms with E-state index < -0.39 is 4.92 Å². The summed E-state index contributed by atoms with van der Waals surface area (Å²) in [7, 11) is 0. The van der Waals surface area contributed by atoms with Crippen molar-refractivity contribution in [1.29, 1.82) is 0 Å². The first-order valence-corrected chi connectivity index (χ1v) is 7.05. The lowest BCUT2D eigenvalue weighted by Crippen LogP contribution is -2.06. The van der Waals surface area contributed by atoms with E-state index in [-0.39, 0.29) is 11.7 Å². The zero-order valence-electron chi connectivity index (χ0n) is 9.89. The lowest BCUT2D eigenvalue weighted by Gasteiger charge is -2.15. The molecule has 0 aliphatic carbocycles. The normalized spacial score (nSPS) is 12.2. The number of nitrogens with one attached hydrogen (secondary N) is 1. The number of hydrogen-bond acceptors (Lipinski definition) is 4. The number of hydrogen-bond donors (Lipinski definition) is 1. The molecule has 100 valence electrons. The third-order valence-corrected chi connectivity index (χ3v) is 4.05. The lowest BCUT2D eigenvalue weighted by molar-refractivity contribution is -0.384. The van der Waals surface area contributed by atoms with Gasteiger partial charge in [-0.3, -0.25) is 10.1 Å². The molecule has 1 atom stereocenters. The van der Waals surface area contributed by atoms with Gasteiger partial charge in [0.15, 0.2) is 0 Å². The van der Waals surface area contributed by atoms with Crippen LogP contribution >= 0.6 is 34.5 Å². The van der Waals surface area contributed by atoms with E-state index in [4.69, 9.17) is 23.2 Å². The van der Waals surface area contributed by atoms with E-state index in [1.54, 1.807) is 6.07 Å². The number of anilines is 1. The van der Waals surface area contributed by atoms with Crippen LogP contribution in [0.1, 0.15) is 18.5 Å². The summed E-state index contributed by atoms with van der Waals surface area (Å²) in [5.41, 5.74) is 1.67. The summed E-state index contributed by atoms with van der Waals surface area (Å²) in [6.07, 6.45) is 0. The van der Waals surface area contributed by atoms with Crippen molar-refractivity contribution in [3.63, 3.8) is 0 Å². The van der Waals surface area contributed by atoms with Gasteiger partial charge in [0.2, 0.25) is 0 Å². The Bertz CT molecular complexity index is 616. The second-order valence-corrected chi connectivity index (χ2v) is 5.92. The smallest absolute Gasteiger partial charge is 0.271 e. The predicted octanol–water partition coefficient (Wildman–Crippen LogP) is 5.14. The van der Waals surface area contributed by atoms with Crippen molar-refractivity contribution in [2.45, 2.75) is 13.0 Å². The van der Waals surface area contributed by atoms with E-state index in [1.165, 1.54) is 23.5 Å². The summed E-state index contributed by atoms with van der Waals surface area (Å²) >= 11 is 13.4. The summed E-state index contributed by atoms with van der Waals surface area (Å²) in [5, 5.41) is 16.1. The van der Waals surface area contributed by atoms with Gasteiger partial charge in [-0.25, -0.2) is 0 Å². The molecule has 4 nitrogen and oxygen atoms in total. The molecule has 0 amide bonds. The Hall–Kier alpha value is -1.30. The zero-order valence-corrected chi connectivity index (χ0v) is 12.2. The molecule has 0 aliphatic heterocycles. The maximum atomic E-state index is 10.6. The van der Waals surface area contributed by atoms with Crippen LogP contribution < -0.4 is 5.32 Å². The van der Waals surface area contributed by atoms with E-state index in [0.717, 1.165) is 9.90 Å². The fraction of sp³-hybridized carbons (Fsp3) is 0.167. The molecular weight excluding hydrogens is 307 g/mol. The van der Waals surface area contributed by atoms with Crippen LogP contribution in [0.15, 0.2) is 29.6 Å². The molecule has 19 heavy (non-hydrogen) atoms. The maximum absolute atomic E-state index is 10.6. The SMILES string of the molecule is CC(Nc1ccc([N+](=O)[O-])cc1Cl)c1csc(Cl)c1. The number of rotatable bonds is 4. The molecule has 0 spiro atoms. The lowest BCUT2D eigenvalue weighted by atomic mass is 10.1.